The molecule has 3 aliphatic rings. The molecule has 1 aromatic carbocycles. The second-order valence-electron chi connectivity index (χ2n) is 15.5. The minimum Gasteiger partial charge on any atom is -0.310 e. The van der Waals surface area contributed by atoms with Crippen molar-refractivity contribution in [3.05, 3.63) is 29.8 Å². The second kappa shape index (κ2) is 14.8. The maximum atomic E-state index is 6.35. The predicted molar refractivity (Wildman–Crippen MR) is 176 cm³/mol. The van der Waals surface area contributed by atoms with Crippen LogP contribution >= 0.6 is 12.0 Å². The Kier molecular flexibility index (Phi) is 12.0. The molecule has 0 amide bonds. The van der Waals surface area contributed by atoms with Gasteiger partial charge in [-0.05, 0) is 121 Å². The molecule has 4 rings (SSSR count). The molecule has 3 fully saturated rings. The van der Waals surface area contributed by atoms with Crippen LogP contribution in [0.2, 0.25) is 0 Å². The molecule has 0 aliphatic heterocycles. The molecule has 0 aromatic heterocycles. The van der Waals surface area contributed by atoms with Gasteiger partial charge in [0, 0.05) is 16.9 Å². The van der Waals surface area contributed by atoms with E-state index in [1.54, 1.807) is 12.0 Å². The molecule has 3 aliphatic carbocycles. The van der Waals surface area contributed by atoms with Gasteiger partial charge >= 0.3 is 0 Å². The first-order chi connectivity index (χ1) is 19.2. The first kappa shape index (κ1) is 32.4. The Labute approximate surface area is 254 Å². The zero-order valence-corrected chi connectivity index (χ0v) is 28.3. The second-order valence-corrected chi connectivity index (χ2v) is 16.4. The smallest absolute Gasteiger partial charge is 0.0646 e. The fraction of sp³-hybridized carbons (Fsp3) is 0.842. The molecule has 0 spiro atoms. The summed E-state index contributed by atoms with van der Waals surface area (Å²) in [7, 11) is 0. The number of hydrogen-bond donors (Lipinski definition) is 0. The SMILES string of the molecule is CCCC1(C)C(C(C)C[C@H](CC)C2CCCCC2(C)C)CCC1[C@H](C)COSc1ccc(C2CCCCC2)cc1. The average molecular weight is 569 g/mol. The Hall–Kier alpha value is -0.470. The van der Waals surface area contributed by atoms with Crippen LogP contribution < -0.4 is 0 Å². The van der Waals surface area contributed by atoms with Crippen molar-refractivity contribution < 1.29 is 4.18 Å². The molecule has 2 heteroatoms. The lowest BCUT2D eigenvalue weighted by Gasteiger charge is -2.46. The summed E-state index contributed by atoms with van der Waals surface area (Å²) in [6.07, 6.45) is 21.1. The molecular formula is C38H64OS. The number of benzene rings is 1. The molecule has 0 N–H and O–H groups in total. The topological polar surface area (TPSA) is 9.23 Å². The Balaban J connectivity index is 1.32. The van der Waals surface area contributed by atoms with Crippen molar-refractivity contribution in [1.29, 1.82) is 0 Å². The van der Waals surface area contributed by atoms with Crippen molar-refractivity contribution in [3.8, 4) is 0 Å². The van der Waals surface area contributed by atoms with E-state index in [1.807, 2.05) is 0 Å². The van der Waals surface area contributed by atoms with Crippen molar-refractivity contribution in [2.45, 2.75) is 156 Å². The van der Waals surface area contributed by atoms with Gasteiger partial charge in [-0.1, -0.05) is 106 Å². The van der Waals surface area contributed by atoms with Crippen LogP contribution in [0.4, 0.5) is 0 Å². The highest BCUT2D eigenvalue weighted by molar-refractivity contribution is 7.94. The van der Waals surface area contributed by atoms with Gasteiger partial charge in [0.15, 0.2) is 0 Å². The van der Waals surface area contributed by atoms with Gasteiger partial charge in [0.05, 0.1) is 6.61 Å². The van der Waals surface area contributed by atoms with Crippen LogP contribution in [0.3, 0.4) is 0 Å². The van der Waals surface area contributed by atoms with Crippen LogP contribution in [-0.2, 0) is 4.18 Å². The fourth-order valence-electron chi connectivity index (χ4n) is 10.3. The quantitative estimate of drug-likeness (QED) is 0.219. The Morgan fingerprint density at radius 3 is 2.08 bits per heavy atom. The monoisotopic (exact) mass is 568 g/mol. The van der Waals surface area contributed by atoms with Crippen LogP contribution in [0.5, 0.6) is 0 Å². The van der Waals surface area contributed by atoms with Gasteiger partial charge in [0.25, 0.3) is 0 Å². The van der Waals surface area contributed by atoms with Crippen LogP contribution in [0.15, 0.2) is 29.2 Å². The maximum Gasteiger partial charge on any atom is 0.0646 e. The molecule has 40 heavy (non-hydrogen) atoms. The molecule has 0 bridgehead atoms. The van der Waals surface area contributed by atoms with E-state index in [4.69, 9.17) is 4.18 Å². The summed E-state index contributed by atoms with van der Waals surface area (Å²) in [5.74, 6) is 5.68. The molecule has 228 valence electrons. The van der Waals surface area contributed by atoms with E-state index in [0.717, 1.165) is 42.1 Å². The maximum absolute atomic E-state index is 6.35. The molecule has 7 atom stereocenters. The van der Waals surface area contributed by atoms with Crippen molar-refractivity contribution in [2.24, 2.45) is 46.3 Å². The summed E-state index contributed by atoms with van der Waals surface area (Å²) < 4.78 is 6.35. The fourth-order valence-corrected chi connectivity index (χ4v) is 10.9. The van der Waals surface area contributed by atoms with Gasteiger partial charge in [0.2, 0.25) is 0 Å². The predicted octanol–water partition coefficient (Wildman–Crippen LogP) is 12.5. The van der Waals surface area contributed by atoms with Crippen LogP contribution in [0.1, 0.15) is 156 Å². The molecule has 0 radical (unpaired) electrons. The summed E-state index contributed by atoms with van der Waals surface area (Å²) in [5, 5.41) is 0. The third kappa shape index (κ3) is 7.72. The minimum absolute atomic E-state index is 0.448. The highest BCUT2D eigenvalue weighted by Gasteiger charge is 2.50. The van der Waals surface area contributed by atoms with Gasteiger partial charge in [0.1, 0.15) is 0 Å². The number of rotatable bonds is 13. The zero-order chi connectivity index (χ0) is 28.8. The Morgan fingerprint density at radius 2 is 1.45 bits per heavy atom. The minimum atomic E-state index is 0.448. The van der Waals surface area contributed by atoms with Crippen molar-refractivity contribution >= 4 is 12.0 Å². The van der Waals surface area contributed by atoms with Crippen molar-refractivity contribution in [1.82, 2.24) is 0 Å². The lowest BCUT2D eigenvalue weighted by Crippen LogP contribution is -2.38. The van der Waals surface area contributed by atoms with E-state index >= 15 is 0 Å². The highest BCUT2D eigenvalue weighted by Crippen LogP contribution is 2.58. The Morgan fingerprint density at radius 1 is 0.800 bits per heavy atom. The van der Waals surface area contributed by atoms with Crippen LogP contribution in [0, 0.1) is 46.3 Å². The molecule has 3 saturated carbocycles. The van der Waals surface area contributed by atoms with Crippen molar-refractivity contribution in [3.63, 3.8) is 0 Å². The van der Waals surface area contributed by atoms with E-state index in [-0.39, 0.29) is 0 Å². The summed E-state index contributed by atoms with van der Waals surface area (Å²) in [6, 6.07) is 9.33. The molecule has 0 saturated heterocycles. The van der Waals surface area contributed by atoms with E-state index in [1.165, 1.54) is 107 Å². The summed E-state index contributed by atoms with van der Waals surface area (Å²) in [5.41, 5.74) is 2.52. The average Bonchev–Trinajstić information content (AvgIpc) is 3.29. The summed E-state index contributed by atoms with van der Waals surface area (Å²) in [6.45, 7) is 18.7. The van der Waals surface area contributed by atoms with Crippen LogP contribution in [0.25, 0.3) is 0 Å². The third-order valence-electron chi connectivity index (χ3n) is 12.4. The molecule has 0 heterocycles. The standard InChI is InChI=1S/C38H64OS/c1-8-24-38(7)34(28(3)26-30(9-2)36-17-13-14-25-37(36,5)6)22-23-35(38)29(4)27-39-40-33-20-18-32(19-21-33)31-15-11-10-12-16-31/h18-21,28-31,34-36H,8-17,22-27H2,1-7H3/t28?,29-,30+,34?,35?,36?,38?/m1/s1. The lowest BCUT2D eigenvalue weighted by atomic mass is 9.59. The van der Waals surface area contributed by atoms with E-state index in [2.05, 4.69) is 72.7 Å². The zero-order valence-electron chi connectivity index (χ0n) is 27.5. The first-order valence-corrected chi connectivity index (χ1v) is 18.3. The van der Waals surface area contributed by atoms with Gasteiger partial charge in [-0.2, -0.15) is 0 Å². The largest absolute Gasteiger partial charge is 0.310 e. The van der Waals surface area contributed by atoms with Gasteiger partial charge in [-0.3, -0.25) is 0 Å². The molecule has 1 aromatic rings. The summed E-state index contributed by atoms with van der Waals surface area (Å²) >= 11 is 1.61. The Bertz CT molecular complexity index is 870. The lowest BCUT2D eigenvalue weighted by molar-refractivity contribution is 0.0286. The normalized spacial score (nSPS) is 31.6. The van der Waals surface area contributed by atoms with E-state index in [0.29, 0.717) is 16.7 Å². The van der Waals surface area contributed by atoms with E-state index in [9.17, 15) is 0 Å². The van der Waals surface area contributed by atoms with Crippen molar-refractivity contribution in [2.75, 3.05) is 6.61 Å². The van der Waals surface area contributed by atoms with Crippen LogP contribution in [-0.4, -0.2) is 6.61 Å². The molecular weight excluding hydrogens is 504 g/mol. The van der Waals surface area contributed by atoms with E-state index < -0.39 is 0 Å². The van der Waals surface area contributed by atoms with Gasteiger partial charge < -0.3 is 4.18 Å². The third-order valence-corrected chi connectivity index (χ3v) is 13.2. The van der Waals surface area contributed by atoms with Gasteiger partial charge in [-0.15, -0.1) is 0 Å². The highest BCUT2D eigenvalue weighted by atomic mass is 32.2. The first-order valence-electron chi connectivity index (χ1n) is 17.6. The molecule has 1 nitrogen and oxygen atoms in total. The number of hydrogen-bond acceptors (Lipinski definition) is 2. The summed E-state index contributed by atoms with van der Waals surface area (Å²) in [4.78, 5) is 1.26. The molecule has 5 unspecified atom stereocenters. The van der Waals surface area contributed by atoms with Gasteiger partial charge in [-0.25, -0.2) is 0 Å².